The minimum absolute atomic E-state index is 0.119. The maximum absolute atomic E-state index is 15.2. The molecule has 9 heteroatoms. The van der Waals surface area contributed by atoms with Crippen LogP contribution in [0.3, 0.4) is 0 Å². The van der Waals surface area contributed by atoms with Gasteiger partial charge in [-0.2, -0.15) is 0 Å². The summed E-state index contributed by atoms with van der Waals surface area (Å²) in [5, 5.41) is 23.7. The third kappa shape index (κ3) is 2.75. The molecule has 1 aliphatic carbocycles. The Labute approximate surface area is 172 Å². The molecule has 1 saturated carbocycles. The molecule has 5 rings (SSSR count). The number of phenolic OH excluding ortho intramolecular Hbond substituents is 1. The second-order valence-corrected chi connectivity index (χ2v) is 9.58. The fourth-order valence-corrected chi connectivity index (χ4v) is 5.87. The summed E-state index contributed by atoms with van der Waals surface area (Å²) in [6.07, 6.45) is 4.98. The maximum atomic E-state index is 15.2. The Morgan fingerprint density at radius 2 is 2.17 bits per heavy atom. The number of phenols is 1. The van der Waals surface area contributed by atoms with Gasteiger partial charge in [-0.1, -0.05) is 18.3 Å². The van der Waals surface area contributed by atoms with Crippen LogP contribution in [0.2, 0.25) is 0 Å². The summed E-state index contributed by atoms with van der Waals surface area (Å²) in [6.45, 7) is 4.89. The first-order chi connectivity index (χ1) is 13.8. The van der Waals surface area contributed by atoms with Gasteiger partial charge in [-0.25, -0.2) is 9.37 Å². The Morgan fingerprint density at radius 3 is 2.83 bits per heavy atom. The summed E-state index contributed by atoms with van der Waals surface area (Å²) < 4.78 is 17.0. The first kappa shape index (κ1) is 18.5. The van der Waals surface area contributed by atoms with Crippen LogP contribution in [0.15, 0.2) is 36.9 Å². The highest BCUT2D eigenvalue weighted by Crippen LogP contribution is 2.53. The molecule has 2 N–H and O–H groups in total. The van der Waals surface area contributed by atoms with Crippen LogP contribution in [0.25, 0.3) is 16.3 Å². The van der Waals surface area contributed by atoms with E-state index in [2.05, 4.69) is 27.4 Å². The Morgan fingerprint density at radius 1 is 1.34 bits per heavy atom. The number of alkyl halides is 1. The predicted molar refractivity (Wildman–Crippen MR) is 110 cm³/mol. The second-order valence-electron chi connectivity index (χ2n) is 8.62. The highest BCUT2D eigenvalue weighted by atomic mass is 32.1. The van der Waals surface area contributed by atoms with Gasteiger partial charge in [0.15, 0.2) is 5.01 Å². The number of anilines is 1. The quantitative estimate of drug-likeness (QED) is 0.683. The van der Waals surface area contributed by atoms with Crippen LogP contribution in [0, 0.1) is 5.41 Å². The van der Waals surface area contributed by atoms with E-state index < -0.39 is 11.7 Å². The number of piperidine rings is 1. The summed E-state index contributed by atoms with van der Waals surface area (Å²) >= 11 is 1.36. The van der Waals surface area contributed by atoms with Crippen molar-refractivity contribution in [3.05, 3.63) is 36.9 Å². The number of imidazole rings is 1. The van der Waals surface area contributed by atoms with Crippen LogP contribution in [0.5, 0.6) is 5.75 Å². The first-order valence-corrected chi connectivity index (χ1v) is 10.4. The number of fused-ring (bicyclic) bond motifs is 2. The fourth-order valence-electron chi connectivity index (χ4n) is 5.00. The fraction of sp³-hybridized carbons (Fsp3) is 0.450. The highest BCUT2D eigenvalue weighted by molar-refractivity contribution is 7.18. The van der Waals surface area contributed by atoms with Gasteiger partial charge in [0.1, 0.15) is 11.9 Å². The molecule has 3 heterocycles. The van der Waals surface area contributed by atoms with Crippen molar-refractivity contribution in [3.8, 4) is 22.0 Å². The molecule has 0 spiro atoms. The van der Waals surface area contributed by atoms with Crippen LogP contribution >= 0.6 is 11.3 Å². The number of aromatic nitrogens is 4. The van der Waals surface area contributed by atoms with Gasteiger partial charge < -0.3 is 19.9 Å². The van der Waals surface area contributed by atoms with Gasteiger partial charge in [0.2, 0.25) is 5.13 Å². The van der Waals surface area contributed by atoms with Crippen LogP contribution in [0.1, 0.15) is 20.3 Å². The van der Waals surface area contributed by atoms with Gasteiger partial charge in [0.05, 0.1) is 23.6 Å². The normalized spacial score (nSPS) is 30.8. The number of hydrogen-bond acceptors (Lipinski definition) is 7. The molecule has 1 aliphatic heterocycles. The monoisotopic (exact) mass is 414 g/mol. The number of benzene rings is 1. The standard InChI is InChI=1S/C20H23FN6OS/c1-19-9-20(2,23-10-19)15(21)16(19)26(3)18-25-24-17(29-18)13-5-4-12(8-14(13)28)27-7-6-22-11-27/h4-8,11,15-16,23,28H,9-10H2,1-3H3/t15-,16+,19-,20-/m1/s1. The minimum atomic E-state index is -0.985. The Hall–Kier alpha value is -2.52. The van der Waals surface area contributed by atoms with Crippen molar-refractivity contribution < 1.29 is 9.50 Å². The zero-order chi connectivity index (χ0) is 20.4. The second kappa shape index (κ2) is 6.24. The molecule has 7 nitrogen and oxygen atoms in total. The third-order valence-corrected chi connectivity index (χ3v) is 7.46. The third-order valence-electron chi connectivity index (χ3n) is 6.41. The van der Waals surface area contributed by atoms with Gasteiger partial charge >= 0.3 is 0 Å². The predicted octanol–water partition coefficient (Wildman–Crippen LogP) is 3.01. The average Bonchev–Trinajstić information content (AvgIpc) is 3.44. The van der Waals surface area contributed by atoms with E-state index in [1.165, 1.54) is 11.3 Å². The molecule has 1 aromatic carbocycles. The van der Waals surface area contributed by atoms with E-state index in [9.17, 15) is 5.11 Å². The largest absolute Gasteiger partial charge is 0.507 e. The van der Waals surface area contributed by atoms with E-state index in [-0.39, 0.29) is 17.2 Å². The lowest BCUT2D eigenvalue weighted by Crippen LogP contribution is -2.59. The molecule has 0 radical (unpaired) electrons. The zero-order valence-corrected chi connectivity index (χ0v) is 17.3. The zero-order valence-electron chi connectivity index (χ0n) is 16.5. The van der Waals surface area contributed by atoms with Crippen molar-refractivity contribution in [1.29, 1.82) is 0 Å². The summed E-state index contributed by atoms with van der Waals surface area (Å²) in [5.41, 5.74) is 0.781. The molecule has 2 aliphatic rings. The number of halogens is 1. The smallest absolute Gasteiger partial charge is 0.208 e. The molecule has 0 unspecified atom stereocenters. The molecule has 29 heavy (non-hydrogen) atoms. The van der Waals surface area contributed by atoms with E-state index in [0.29, 0.717) is 15.7 Å². The van der Waals surface area contributed by atoms with Gasteiger partial charge in [-0.3, -0.25) is 0 Å². The lowest BCUT2D eigenvalue weighted by molar-refractivity contribution is 0.140. The van der Waals surface area contributed by atoms with E-state index in [1.807, 2.05) is 41.8 Å². The van der Waals surface area contributed by atoms with E-state index >= 15 is 4.39 Å². The highest BCUT2D eigenvalue weighted by Gasteiger charge is 2.63. The van der Waals surface area contributed by atoms with Gasteiger partial charge in [0.25, 0.3) is 0 Å². The van der Waals surface area contributed by atoms with Crippen LogP contribution in [-0.2, 0) is 0 Å². The van der Waals surface area contributed by atoms with Crippen molar-refractivity contribution in [1.82, 2.24) is 25.1 Å². The number of nitrogens with one attached hydrogen (secondary N) is 1. The molecular formula is C20H23FN6OS. The SMILES string of the molecule is CN(c1nnc(-c2ccc(-n3ccnc3)cc2O)s1)[C@H]1[C@@H](F)[C@@]2(C)C[C@]1(C)CN2. The van der Waals surface area contributed by atoms with Crippen molar-refractivity contribution >= 4 is 16.5 Å². The molecule has 3 aromatic rings. The topological polar surface area (TPSA) is 79.1 Å². The molecule has 2 fully saturated rings. The lowest BCUT2D eigenvalue weighted by Gasteiger charge is -2.41. The summed E-state index contributed by atoms with van der Waals surface area (Å²) in [5.74, 6) is 0.119. The molecule has 4 atom stereocenters. The molecule has 1 saturated heterocycles. The van der Waals surface area contributed by atoms with Crippen molar-refractivity contribution in [2.45, 2.75) is 38.0 Å². The molecule has 152 valence electrons. The van der Waals surface area contributed by atoms with Crippen molar-refractivity contribution in [2.75, 3.05) is 18.5 Å². The van der Waals surface area contributed by atoms with Crippen LogP contribution in [-0.4, -0.2) is 56.2 Å². The summed E-state index contributed by atoms with van der Waals surface area (Å²) in [4.78, 5) is 5.95. The van der Waals surface area contributed by atoms with Crippen molar-refractivity contribution in [2.24, 2.45) is 5.41 Å². The maximum Gasteiger partial charge on any atom is 0.208 e. The number of nitrogens with zero attached hydrogens (tertiary/aromatic N) is 5. The number of rotatable bonds is 4. The molecule has 0 amide bonds. The van der Waals surface area contributed by atoms with Crippen LogP contribution in [0.4, 0.5) is 9.52 Å². The summed E-state index contributed by atoms with van der Waals surface area (Å²) in [7, 11) is 1.89. The first-order valence-electron chi connectivity index (χ1n) is 9.58. The van der Waals surface area contributed by atoms with Crippen LogP contribution < -0.4 is 10.2 Å². The van der Waals surface area contributed by atoms with E-state index in [0.717, 1.165) is 18.7 Å². The van der Waals surface area contributed by atoms with Gasteiger partial charge in [0, 0.05) is 43.0 Å². The van der Waals surface area contributed by atoms with E-state index in [1.54, 1.807) is 18.6 Å². The van der Waals surface area contributed by atoms with Crippen molar-refractivity contribution in [3.63, 3.8) is 0 Å². The average molecular weight is 415 g/mol. The Kier molecular flexibility index (Phi) is 3.98. The minimum Gasteiger partial charge on any atom is -0.507 e. The van der Waals surface area contributed by atoms with E-state index in [4.69, 9.17) is 0 Å². The Bertz CT molecular complexity index is 1060. The molecular weight excluding hydrogens is 391 g/mol. The number of hydrogen-bond donors (Lipinski definition) is 2. The Balaban J connectivity index is 1.43. The van der Waals surface area contributed by atoms with Gasteiger partial charge in [-0.15, -0.1) is 10.2 Å². The van der Waals surface area contributed by atoms with Gasteiger partial charge in [-0.05, 0) is 25.5 Å². The molecule has 2 aromatic heterocycles. The number of aromatic hydroxyl groups is 1. The molecule has 2 bridgehead atoms. The lowest BCUT2D eigenvalue weighted by atomic mass is 9.84. The summed E-state index contributed by atoms with van der Waals surface area (Å²) in [6, 6.07) is 5.12.